The number of benzene rings is 2. The molecule has 2 aromatic carbocycles. The van der Waals surface area contributed by atoms with Crippen LogP contribution in [0.2, 0.25) is 5.02 Å². The fourth-order valence-corrected chi connectivity index (χ4v) is 2.35. The first-order chi connectivity index (χ1) is 11.5. The van der Waals surface area contributed by atoms with Crippen LogP contribution in [-0.4, -0.2) is 25.0 Å². The molecule has 126 valence electrons. The summed E-state index contributed by atoms with van der Waals surface area (Å²) in [6, 6.07) is 14.4. The van der Waals surface area contributed by atoms with E-state index in [4.69, 9.17) is 22.1 Å². The highest BCUT2D eigenvalue weighted by Gasteiger charge is 2.13. The third-order valence-corrected chi connectivity index (χ3v) is 3.77. The third-order valence-electron chi connectivity index (χ3n) is 3.54. The van der Waals surface area contributed by atoms with Crippen LogP contribution in [0.15, 0.2) is 48.5 Å². The molecule has 0 aliphatic heterocycles. The van der Waals surface area contributed by atoms with Gasteiger partial charge in [-0.1, -0.05) is 48.9 Å². The van der Waals surface area contributed by atoms with Gasteiger partial charge in [-0.25, -0.2) is 0 Å². The van der Waals surface area contributed by atoms with Crippen LogP contribution in [0.5, 0.6) is 5.75 Å². The lowest BCUT2D eigenvalue weighted by Gasteiger charge is -2.14. The van der Waals surface area contributed by atoms with Gasteiger partial charge in [0, 0.05) is 11.6 Å². The fraction of sp³-hybridized carbons (Fsp3) is 0.222. The van der Waals surface area contributed by atoms with E-state index in [9.17, 15) is 9.59 Å². The van der Waals surface area contributed by atoms with E-state index < -0.39 is 5.91 Å². The highest BCUT2D eigenvalue weighted by atomic mass is 35.5. The zero-order chi connectivity index (χ0) is 17.5. The quantitative estimate of drug-likeness (QED) is 0.808. The molecule has 6 heteroatoms. The van der Waals surface area contributed by atoms with Crippen molar-refractivity contribution in [3.05, 3.63) is 64.7 Å². The van der Waals surface area contributed by atoms with Gasteiger partial charge in [0.05, 0.1) is 5.56 Å². The van der Waals surface area contributed by atoms with Gasteiger partial charge in [0.1, 0.15) is 5.75 Å². The summed E-state index contributed by atoms with van der Waals surface area (Å²) in [6.07, 6.45) is 0. The lowest BCUT2D eigenvalue weighted by Crippen LogP contribution is -2.32. The van der Waals surface area contributed by atoms with Crippen molar-refractivity contribution in [2.24, 2.45) is 5.73 Å². The van der Waals surface area contributed by atoms with Crippen LogP contribution in [0.4, 0.5) is 0 Å². The second-order valence-corrected chi connectivity index (χ2v) is 5.85. The average Bonchev–Trinajstić information content (AvgIpc) is 2.59. The second kappa shape index (κ2) is 8.36. The van der Waals surface area contributed by atoms with Crippen LogP contribution in [0.3, 0.4) is 0 Å². The molecule has 0 aliphatic carbocycles. The molecule has 0 bridgehead atoms. The first-order valence-corrected chi connectivity index (χ1v) is 7.89. The minimum absolute atomic E-state index is 0.146. The number of nitrogens with one attached hydrogen (secondary N) is 1. The molecule has 0 radical (unpaired) electrons. The third kappa shape index (κ3) is 4.99. The largest absolute Gasteiger partial charge is 0.483 e. The fourth-order valence-electron chi connectivity index (χ4n) is 2.18. The van der Waals surface area contributed by atoms with E-state index in [1.165, 1.54) is 12.1 Å². The van der Waals surface area contributed by atoms with Crippen molar-refractivity contribution in [3.8, 4) is 5.75 Å². The Balaban J connectivity index is 1.87. The summed E-state index contributed by atoms with van der Waals surface area (Å²) in [7, 11) is 0. The standard InChI is InChI=1S/C18H19ClN2O3/c1-12(13-5-3-2-4-6-13)10-21-17(22)11-24-16-8-7-14(19)9-15(16)18(20)23/h2-9,12H,10-11H2,1H3,(H2,20,23)(H,21,22)/t12-/m1/s1. The molecule has 1 atom stereocenters. The van der Waals surface area contributed by atoms with E-state index >= 15 is 0 Å². The number of hydrogen-bond acceptors (Lipinski definition) is 3. The van der Waals surface area contributed by atoms with Crippen molar-refractivity contribution in [1.29, 1.82) is 0 Å². The Bertz CT molecular complexity index is 719. The monoisotopic (exact) mass is 346 g/mol. The summed E-state index contributed by atoms with van der Waals surface area (Å²) in [5.74, 6) is -0.515. The van der Waals surface area contributed by atoms with Crippen LogP contribution in [0.1, 0.15) is 28.8 Å². The molecule has 0 unspecified atom stereocenters. The van der Waals surface area contributed by atoms with Crippen molar-refractivity contribution >= 4 is 23.4 Å². The summed E-state index contributed by atoms with van der Waals surface area (Å²) in [5, 5.41) is 3.18. The Morgan fingerprint density at radius 2 is 1.92 bits per heavy atom. The van der Waals surface area contributed by atoms with Crippen LogP contribution in [0, 0.1) is 0 Å². The molecule has 2 amide bonds. The number of carbonyl (C=O) groups excluding carboxylic acids is 2. The maximum atomic E-state index is 11.9. The van der Waals surface area contributed by atoms with Crippen LogP contribution < -0.4 is 15.8 Å². The molecule has 3 N–H and O–H groups in total. The molecule has 0 saturated carbocycles. The number of hydrogen-bond donors (Lipinski definition) is 2. The van der Waals surface area contributed by atoms with Gasteiger partial charge in [-0.05, 0) is 29.7 Å². The minimum atomic E-state index is -0.661. The first-order valence-electron chi connectivity index (χ1n) is 7.51. The summed E-state index contributed by atoms with van der Waals surface area (Å²) in [6.45, 7) is 2.32. The van der Waals surface area contributed by atoms with Crippen LogP contribution >= 0.6 is 11.6 Å². The van der Waals surface area contributed by atoms with Crippen molar-refractivity contribution in [1.82, 2.24) is 5.32 Å². The normalized spacial score (nSPS) is 11.6. The average molecular weight is 347 g/mol. The van der Waals surface area contributed by atoms with Gasteiger partial charge in [0.25, 0.3) is 11.8 Å². The van der Waals surface area contributed by atoms with Crippen molar-refractivity contribution in [2.45, 2.75) is 12.8 Å². The summed E-state index contributed by atoms with van der Waals surface area (Å²) in [4.78, 5) is 23.3. The van der Waals surface area contributed by atoms with E-state index in [1.807, 2.05) is 37.3 Å². The van der Waals surface area contributed by atoms with Gasteiger partial charge >= 0.3 is 0 Å². The van der Waals surface area contributed by atoms with Gasteiger partial charge in [-0.3, -0.25) is 9.59 Å². The highest BCUT2D eigenvalue weighted by Crippen LogP contribution is 2.22. The molecular formula is C18H19ClN2O3. The summed E-state index contributed by atoms with van der Waals surface area (Å²) < 4.78 is 5.38. The van der Waals surface area contributed by atoms with Gasteiger partial charge < -0.3 is 15.8 Å². The predicted molar refractivity (Wildman–Crippen MR) is 93.3 cm³/mol. The first kappa shape index (κ1) is 17.8. The summed E-state index contributed by atoms with van der Waals surface area (Å²) >= 11 is 5.82. The van der Waals surface area contributed by atoms with Gasteiger partial charge in [0.15, 0.2) is 6.61 Å². The highest BCUT2D eigenvalue weighted by molar-refractivity contribution is 6.31. The zero-order valence-electron chi connectivity index (χ0n) is 13.3. The van der Waals surface area contributed by atoms with E-state index in [1.54, 1.807) is 6.07 Å². The van der Waals surface area contributed by atoms with Crippen molar-refractivity contribution in [3.63, 3.8) is 0 Å². The number of carbonyl (C=O) groups is 2. The molecule has 5 nitrogen and oxygen atoms in total. The molecule has 0 heterocycles. The molecule has 24 heavy (non-hydrogen) atoms. The van der Waals surface area contributed by atoms with E-state index in [0.29, 0.717) is 11.6 Å². The zero-order valence-corrected chi connectivity index (χ0v) is 14.0. The molecule has 2 aromatic rings. The predicted octanol–water partition coefficient (Wildman–Crippen LogP) is 2.74. The van der Waals surface area contributed by atoms with Gasteiger partial charge in [-0.2, -0.15) is 0 Å². The Hall–Kier alpha value is -2.53. The molecule has 0 spiro atoms. The lowest BCUT2D eigenvalue weighted by atomic mass is 10.0. The molecule has 0 aliphatic rings. The Kier molecular flexibility index (Phi) is 6.21. The van der Waals surface area contributed by atoms with Crippen molar-refractivity contribution < 1.29 is 14.3 Å². The molecule has 0 fully saturated rings. The van der Waals surface area contributed by atoms with Crippen LogP contribution in [-0.2, 0) is 4.79 Å². The lowest BCUT2D eigenvalue weighted by molar-refractivity contribution is -0.123. The molecule has 0 aromatic heterocycles. The Morgan fingerprint density at radius 1 is 1.21 bits per heavy atom. The topological polar surface area (TPSA) is 81.4 Å². The molecule has 0 saturated heterocycles. The SMILES string of the molecule is C[C@H](CNC(=O)COc1ccc(Cl)cc1C(N)=O)c1ccccc1. The molecule has 2 rings (SSSR count). The van der Waals surface area contributed by atoms with Gasteiger partial charge in [-0.15, -0.1) is 0 Å². The summed E-state index contributed by atoms with van der Waals surface area (Å²) in [5.41, 5.74) is 6.57. The van der Waals surface area contributed by atoms with Crippen molar-refractivity contribution in [2.75, 3.05) is 13.2 Å². The smallest absolute Gasteiger partial charge is 0.257 e. The number of halogens is 1. The van der Waals surface area contributed by atoms with E-state index in [0.717, 1.165) is 5.56 Å². The minimum Gasteiger partial charge on any atom is -0.483 e. The van der Waals surface area contributed by atoms with Crippen LogP contribution in [0.25, 0.3) is 0 Å². The number of amides is 2. The number of rotatable bonds is 7. The number of ether oxygens (including phenoxy) is 1. The maximum Gasteiger partial charge on any atom is 0.257 e. The van der Waals surface area contributed by atoms with E-state index in [-0.39, 0.29) is 29.7 Å². The molecular weight excluding hydrogens is 328 g/mol. The van der Waals surface area contributed by atoms with E-state index in [2.05, 4.69) is 5.32 Å². The second-order valence-electron chi connectivity index (χ2n) is 5.41. The number of primary amides is 1. The maximum absolute atomic E-state index is 11.9. The Labute approximate surface area is 145 Å². The Morgan fingerprint density at radius 3 is 2.58 bits per heavy atom. The number of nitrogens with two attached hydrogens (primary N) is 1. The van der Waals surface area contributed by atoms with Gasteiger partial charge in [0.2, 0.25) is 0 Å².